The van der Waals surface area contributed by atoms with Gasteiger partial charge in [-0.3, -0.25) is 4.79 Å². The summed E-state index contributed by atoms with van der Waals surface area (Å²) in [4.78, 5) is 25.2. The van der Waals surface area contributed by atoms with Crippen molar-refractivity contribution >= 4 is 17.5 Å². The van der Waals surface area contributed by atoms with Gasteiger partial charge in [-0.2, -0.15) is 9.37 Å². The van der Waals surface area contributed by atoms with E-state index in [0.717, 1.165) is 18.9 Å². The van der Waals surface area contributed by atoms with Gasteiger partial charge in [-0.25, -0.2) is 4.98 Å². The van der Waals surface area contributed by atoms with Crippen LogP contribution >= 0.6 is 11.6 Å². The predicted molar refractivity (Wildman–Crippen MR) is 91.2 cm³/mol. The number of carbonyl (C=O) groups excluding carboxylic acids is 1. The van der Waals surface area contributed by atoms with Crippen molar-refractivity contribution in [3.63, 3.8) is 0 Å². The minimum absolute atomic E-state index is 0.0395. The molecule has 1 amide bonds. The summed E-state index contributed by atoms with van der Waals surface area (Å²) in [5, 5.41) is 4.60. The monoisotopic (exact) mass is 375 g/mol. The number of hydrogen-bond acceptors (Lipinski definition) is 5. The fourth-order valence-corrected chi connectivity index (χ4v) is 3.26. The van der Waals surface area contributed by atoms with Crippen molar-refractivity contribution in [2.45, 2.75) is 18.8 Å². The predicted octanol–water partition coefficient (Wildman–Crippen LogP) is 3.27. The van der Waals surface area contributed by atoms with E-state index in [1.807, 2.05) is 0 Å². The van der Waals surface area contributed by atoms with E-state index in [1.54, 1.807) is 17.2 Å². The van der Waals surface area contributed by atoms with Gasteiger partial charge >= 0.3 is 0 Å². The first-order valence-corrected chi connectivity index (χ1v) is 8.56. The molecule has 0 spiro atoms. The SMILES string of the molecule is O=C(c1ccnc(F)c1)N1CCCC(c2noc(-c3cc(Cl)c[nH]3)n2)C1. The molecule has 1 aliphatic heterocycles. The lowest BCUT2D eigenvalue weighted by atomic mass is 9.97. The molecule has 26 heavy (non-hydrogen) atoms. The Morgan fingerprint density at radius 1 is 1.42 bits per heavy atom. The quantitative estimate of drug-likeness (QED) is 0.710. The van der Waals surface area contributed by atoms with E-state index in [4.69, 9.17) is 16.1 Å². The highest BCUT2D eigenvalue weighted by atomic mass is 35.5. The molecule has 1 atom stereocenters. The first-order chi connectivity index (χ1) is 12.6. The van der Waals surface area contributed by atoms with Crippen LogP contribution in [-0.4, -0.2) is 44.0 Å². The summed E-state index contributed by atoms with van der Waals surface area (Å²) in [7, 11) is 0. The molecule has 0 bridgehead atoms. The number of nitrogens with one attached hydrogen (secondary N) is 1. The lowest BCUT2D eigenvalue weighted by Gasteiger charge is -2.31. The second kappa shape index (κ2) is 6.87. The van der Waals surface area contributed by atoms with Gasteiger partial charge in [-0.1, -0.05) is 16.8 Å². The zero-order chi connectivity index (χ0) is 18.1. The Bertz CT molecular complexity index is 941. The average Bonchev–Trinajstić information content (AvgIpc) is 3.30. The van der Waals surface area contributed by atoms with E-state index in [1.165, 1.54) is 12.3 Å². The minimum Gasteiger partial charge on any atom is -0.356 e. The van der Waals surface area contributed by atoms with Crippen molar-refractivity contribution in [3.05, 3.63) is 53.0 Å². The van der Waals surface area contributed by atoms with Crippen LogP contribution < -0.4 is 0 Å². The largest absolute Gasteiger partial charge is 0.356 e. The van der Waals surface area contributed by atoms with Crippen LogP contribution in [0.3, 0.4) is 0 Å². The van der Waals surface area contributed by atoms with Gasteiger partial charge in [0.25, 0.3) is 11.8 Å². The Hall–Kier alpha value is -2.74. The second-order valence-electron chi connectivity index (χ2n) is 6.15. The van der Waals surface area contributed by atoms with Crippen LogP contribution in [0.4, 0.5) is 4.39 Å². The Morgan fingerprint density at radius 3 is 3.08 bits per heavy atom. The molecular weight excluding hydrogens is 361 g/mol. The molecule has 0 saturated carbocycles. The maximum absolute atomic E-state index is 13.3. The van der Waals surface area contributed by atoms with Gasteiger partial charge in [-0.15, -0.1) is 0 Å². The van der Waals surface area contributed by atoms with Gasteiger partial charge in [0.05, 0.1) is 5.02 Å². The standard InChI is InChI=1S/C17H15ClFN5O2/c18-12-7-13(21-8-12)16-22-15(23-26-16)11-2-1-5-24(9-11)17(25)10-3-4-20-14(19)6-10/h3-4,6-8,11,21H,1-2,5,9H2. The smallest absolute Gasteiger partial charge is 0.274 e. The van der Waals surface area contributed by atoms with Crippen LogP contribution in [0.5, 0.6) is 0 Å². The normalized spacial score (nSPS) is 17.5. The number of aromatic amines is 1. The molecule has 7 nitrogen and oxygen atoms in total. The summed E-state index contributed by atoms with van der Waals surface area (Å²) in [6.07, 6.45) is 4.58. The summed E-state index contributed by atoms with van der Waals surface area (Å²) in [6.45, 7) is 1.06. The highest BCUT2D eigenvalue weighted by molar-refractivity contribution is 6.30. The number of carbonyl (C=O) groups is 1. The third kappa shape index (κ3) is 3.32. The summed E-state index contributed by atoms with van der Waals surface area (Å²) in [5.41, 5.74) is 0.928. The molecule has 0 radical (unpaired) electrons. The molecule has 1 saturated heterocycles. The van der Waals surface area contributed by atoms with Crippen molar-refractivity contribution in [2.24, 2.45) is 0 Å². The average molecular weight is 376 g/mol. The molecule has 1 aliphatic rings. The van der Waals surface area contributed by atoms with E-state index in [0.29, 0.717) is 35.5 Å². The zero-order valence-corrected chi connectivity index (χ0v) is 14.4. The molecular formula is C17H15ClFN5O2. The maximum Gasteiger partial charge on any atom is 0.274 e. The molecule has 3 aromatic heterocycles. The Labute approximate surface area is 153 Å². The van der Waals surface area contributed by atoms with Crippen LogP contribution in [0.1, 0.15) is 34.9 Å². The highest BCUT2D eigenvalue weighted by Crippen LogP contribution is 2.28. The number of amides is 1. The number of pyridine rings is 1. The third-order valence-corrected chi connectivity index (χ3v) is 4.59. The summed E-state index contributed by atoms with van der Waals surface area (Å²) in [6, 6.07) is 4.36. The van der Waals surface area contributed by atoms with Gasteiger partial charge in [0, 0.05) is 43.0 Å². The summed E-state index contributed by atoms with van der Waals surface area (Å²) in [5.74, 6) is -0.0364. The van der Waals surface area contributed by atoms with Gasteiger partial charge in [0.15, 0.2) is 5.82 Å². The van der Waals surface area contributed by atoms with E-state index in [2.05, 4.69) is 20.1 Å². The summed E-state index contributed by atoms with van der Waals surface area (Å²) >= 11 is 5.89. The van der Waals surface area contributed by atoms with Crippen LogP contribution in [-0.2, 0) is 0 Å². The molecule has 1 fully saturated rings. The number of halogens is 2. The van der Waals surface area contributed by atoms with E-state index in [9.17, 15) is 9.18 Å². The first-order valence-electron chi connectivity index (χ1n) is 8.19. The van der Waals surface area contributed by atoms with Crippen molar-refractivity contribution in [1.29, 1.82) is 0 Å². The minimum atomic E-state index is -0.670. The van der Waals surface area contributed by atoms with Gasteiger partial charge < -0.3 is 14.4 Å². The van der Waals surface area contributed by atoms with Crippen LogP contribution in [0.15, 0.2) is 35.1 Å². The van der Waals surface area contributed by atoms with E-state index < -0.39 is 5.95 Å². The Balaban J connectivity index is 1.50. The molecule has 0 aromatic carbocycles. The molecule has 4 rings (SSSR count). The van der Waals surface area contributed by atoms with Crippen molar-refractivity contribution < 1.29 is 13.7 Å². The topological polar surface area (TPSA) is 87.9 Å². The maximum atomic E-state index is 13.3. The number of aromatic nitrogens is 4. The summed E-state index contributed by atoms with van der Waals surface area (Å²) < 4.78 is 18.6. The van der Waals surface area contributed by atoms with Crippen LogP contribution in [0, 0.1) is 5.95 Å². The molecule has 134 valence electrons. The Kier molecular flexibility index (Phi) is 4.42. The molecule has 3 aromatic rings. The second-order valence-corrected chi connectivity index (χ2v) is 6.58. The number of nitrogens with zero attached hydrogens (tertiary/aromatic N) is 4. The third-order valence-electron chi connectivity index (χ3n) is 4.37. The number of H-pyrrole nitrogens is 1. The fourth-order valence-electron chi connectivity index (χ4n) is 3.09. The first kappa shape index (κ1) is 16.7. The number of rotatable bonds is 3. The van der Waals surface area contributed by atoms with Gasteiger partial charge in [-0.05, 0) is 25.0 Å². The van der Waals surface area contributed by atoms with Crippen molar-refractivity contribution in [3.8, 4) is 11.6 Å². The lowest BCUT2D eigenvalue weighted by molar-refractivity contribution is 0.0703. The molecule has 1 unspecified atom stereocenters. The van der Waals surface area contributed by atoms with E-state index in [-0.39, 0.29) is 17.4 Å². The number of likely N-dealkylation sites (tertiary alicyclic amines) is 1. The molecule has 9 heteroatoms. The molecule has 0 aliphatic carbocycles. The lowest BCUT2D eigenvalue weighted by Crippen LogP contribution is -2.39. The Morgan fingerprint density at radius 2 is 2.31 bits per heavy atom. The number of piperidine rings is 1. The van der Waals surface area contributed by atoms with Gasteiger partial charge in [0.2, 0.25) is 5.95 Å². The van der Waals surface area contributed by atoms with Gasteiger partial charge in [0.1, 0.15) is 5.69 Å². The van der Waals surface area contributed by atoms with E-state index >= 15 is 0 Å². The highest BCUT2D eigenvalue weighted by Gasteiger charge is 2.29. The zero-order valence-electron chi connectivity index (χ0n) is 13.7. The van der Waals surface area contributed by atoms with Crippen molar-refractivity contribution in [2.75, 3.05) is 13.1 Å². The van der Waals surface area contributed by atoms with Crippen LogP contribution in [0.2, 0.25) is 5.02 Å². The number of hydrogen-bond donors (Lipinski definition) is 1. The molecule has 4 heterocycles. The molecule has 1 N–H and O–H groups in total. The van der Waals surface area contributed by atoms with Crippen molar-refractivity contribution in [1.82, 2.24) is 25.0 Å². The van der Waals surface area contributed by atoms with Crippen LogP contribution in [0.25, 0.3) is 11.6 Å². The fraction of sp³-hybridized carbons (Fsp3) is 0.294.